The molecule has 1 aromatic heterocycles. The highest BCUT2D eigenvalue weighted by Gasteiger charge is 2.32. The first-order chi connectivity index (χ1) is 17.0. The number of hydrogen-bond acceptors (Lipinski definition) is 6. The molecule has 2 aromatic carbocycles. The van der Waals surface area contributed by atoms with Gasteiger partial charge in [-0.15, -0.1) is 11.3 Å². The van der Waals surface area contributed by atoms with Gasteiger partial charge < -0.3 is 20.5 Å². The van der Waals surface area contributed by atoms with E-state index in [1.54, 1.807) is 0 Å². The predicted octanol–water partition coefficient (Wildman–Crippen LogP) is 4.16. The zero-order valence-electron chi connectivity index (χ0n) is 18.9. The number of alkyl carbamates (subject to hydrolysis) is 1. The molecule has 1 heterocycles. The summed E-state index contributed by atoms with van der Waals surface area (Å²) in [6, 6.07) is 16.3. The van der Waals surface area contributed by atoms with Gasteiger partial charge in [0.2, 0.25) is 5.91 Å². The number of carboxylic acids is 1. The Morgan fingerprint density at radius 3 is 2.37 bits per heavy atom. The van der Waals surface area contributed by atoms with Crippen LogP contribution in [0.5, 0.6) is 0 Å². The van der Waals surface area contributed by atoms with Gasteiger partial charge in [0.05, 0.1) is 12.7 Å². The Hall–Kier alpha value is -3.72. The number of aromatic nitrogens is 1. The molecule has 0 spiro atoms. The first kappa shape index (κ1) is 23.0. The van der Waals surface area contributed by atoms with E-state index in [1.807, 2.05) is 24.3 Å². The standard InChI is InChI=1S/C26H25N3O5S/c30-24(28-13-23-27-12-22(35-23)25(31)32)15-9-10-16(11-15)29-26(33)34-14-21-19-7-3-1-5-17(19)18-6-2-4-8-20(18)21/h1-8,12,15-16,21H,9-11,13-14H2,(H,28,30)(H,29,33)(H,31,32)/t15-,16+/m0/s1. The number of nitrogens with zero attached hydrogens (tertiary/aromatic N) is 1. The lowest BCUT2D eigenvalue weighted by atomic mass is 9.98. The molecule has 3 aromatic rings. The van der Waals surface area contributed by atoms with E-state index in [9.17, 15) is 14.4 Å². The summed E-state index contributed by atoms with van der Waals surface area (Å²) in [7, 11) is 0. The van der Waals surface area contributed by atoms with E-state index in [0.717, 1.165) is 22.5 Å². The fourth-order valence-electron chi connectivity index (χ4n) is 4.96. The number of rotatable bonds is 7. The Bertz CT molecular complexity index is 1230. The highest BCUT2D eigenvalue weighted by Crippen LogP contribution is 2.44. The van der Waals surface area contributed by atoms with Crippen LogP contribution < -0.4 is 10.6 Å². The van der Waals surface area contributed by atoms with Crippen molar-refractivity contribution in [3.8, 4) is 11.1 Å². The third-order valence-corrected chi connectivity index (χ3v) is 7.63. The van der Waals surface area contributed by atoms with Crippen LogP contribution in [0.3, 0.4) is 0 Å². The van der Waals surface area contributed by atoms with E-state index in [4.69, 9.17) is 9.84 Å². The predicted molar refractivity (Wildman–Crippen MR) is 130 cm³/mol. The minimum atomic E-state index is -1.03. The Kier molecular flexibility index (Phi) is 6.50. The number of aromatic carboxylic acids is 1. The van der Waals surface area contributed by atoms with E-state index >= 15 is 0 Å². The van der Waals surface area contributed by atoms with Crippen molar-refractivity contribution in [2.24, 2.45) is 5.92 Å². The van der Waals surface area contributed by atoms with Gasteiger partial charge in [-0.25, -0.2) is 14.6 Å². The van der Waals surface area contributed by atoms with E-state index in [2.05, 4.69) is 39.9 Å². The molecule has 2 amide bonds. The summed E-state index contributed by atoms with van der Waals surface area (Å²) >= 11 is 1.04. The van der Waals surface area contributed by atoms with Crippen molar-refractivity contribution in [3.63, 3.8) is 0 Å². The molecular weight excluding hydrogens is 466 g/mol. The summed E-state index contributed by atoms with van der Waals surface area (Å²) in [6.07, 6.45) is 2.72. The minimum absolute atomic E-state index is 0.00255. The average molecular weight is 492 g/mol. The second-order valence-corrected chi connectivity index (χ2v) is 9.93. The molecule has 0 radical (unpaired) electrons. The third kappa shape index (κ3) is 4.90. The molecule has 35 heavy (non-hydrogen) atoms. The molecule has 2 aliphatic rings. The zero-order valence-corrected chi connectivity index (χ0v) is 19.7. The van der Waals surface area contributed by atoms with Crippen LogP contribution in [0.25, 0.3) is 11.1 Å². The summed E-state index contributed by atoms with van der Waals surface area (Å²) in [5.74, 6) is -1.36. The minimum Gasteiger partial charge on any atom is -0.477 e. The van der Waals surface area contributed by atoms with E-state index in [0.29, 0.717) is 24.3 Å². The molecule has 1 fully saturated rings. The number of amides is 2. The number of fused-ring (bicyclic) bond motifs is 3. The molecule has 0 saturated heterocycles. The maximum Gasteiger partial charge on any atom is 0.407 e. The molecule has 2 atom stereocenters. The highest BCUT2D eigenvalue weighted by molar-refractivity contribution is 7.13. The van der Waals surface area contributed by atoms with Crippen LogP contribution in [0.2, 0.25) is 0 Å². The summed E-state index contributed by atoms with van der Waals surface area (Å²) in [6.45, 7) is 0.445. The Balaban J connectivity index is 1.10. The summed E-state index contributed by atoms with van der Waals surface area (Å²) in [5.41, 5.74) is 4.68. The number of thiazole rings is 1. The summed E-state index contributed by atoms with van der Waals surface area (Å²) in [5, 5.41) is 15.2. The van der Waals surface area contributed by atoms with Gasteiger partial charge in [-0.3, -0.25) is 4.79 Å². The van der Waals surface area contributed by atoms with Gasteiger partial charge in [0.25, 0.3) is 0 Å². The van der Waals surface area contributed by atoms with Crippen molar-refractivity contribution in [2.45, 2.75) is 37.8 Å². The SMILES string of the molecule is O=C(N[C@@H]1CC[C@H](C(=O)NCc2ncc(C(=O)O)s2)C1)OCC1c2ccccc2-c2ccccc21. The topological polar surface area (TPSA) is 118 Å². The van der Waals surface area contributed by atoms with Crippen LogP contribution in [0.15, 0.2) is 54.7 Å². The lowest BCUT2D eigenvalue weighted by Gasteiger charge is -2.17. The van der Waals surface area contributed by atoms with Crippen LogP contribution in [0, 0.1) is 5.92 Å². The molecule has 0 unspecified atom stereocenters. The molecular formula is C26H25N3O5S. The van der Waals surface area contributed by atoms with Crippen LogP contribution >= 0.6 is 11.3 Å². The molecule has 2 aliphatic carbocycles. The number of nitrogens with one attached hydrogen (secondary N) is 2. The monoisotopic (exact) mass is 491 g/mol. The van der Waals surface area contributed by atoms with Crippen LogP contribution in [-0.2, 0) is 16.1 Å². The van der Waals surface area contributed by atoms with Gasteiger partial charge in [0.1, 0.15) is 16.5 Å². The van der Waals surface area contributed by atoms with Crippen molar-refractivity contribution < 1.29 is 24.2 Å². The Morgan fingerprint density at radius 2 is 1.71 bits per heavy atom. The molecule has 180 valence electrons. The first-order valence-corrected chi connectivity index (χ1v) is 12.4. The van der Waals surface area contributed by atoms with Gasteiger partial charge in [-0.1, -0.05) is 48.5 Å². The molecule has 9 heteroatoms. The van der Waals surface area contributed by atoms with E-state index < -0.39 is 12.1 Å². The van der Waals surface area contributed by atoms with Crippen LogP contribution in [0.4, 0.5) is 4.79 Å². The van der Waals surface area contributed by atoms with Crippen molar-refractivity contribution in [3.05, 3.63) is 75.7 Å². The van der Waals surface area contributed by atoms with Crippen LogP contribution in [-0.4, -0.2) is 40.7 Å². The van der Waals surface area contributed by atoms with Crippen molar-refractivity contribution in [2.75, 3.05) is 6.61 Å². The zero-order chi connectivity index (χ0) is 24.4. The highest BCUT2D eigenvalue weighted by atomic mass is 32.1. The van der Waals surface area contributed by atoms with Crippen molar-refractivity contribution in [1.82, 2.24) is 15.6 Å². The summed E-state index contributed by atoms with van der Waals surface area (Å²) < 4.78 is 5.62. The average Bonchev–Trinajstić information content (AvgIpc) is 3.59. The second kappa shape index (κ2) is 9.87. The lowest BCUT2D eigenvalue weighted by molar-refractivity contribution is -0.125. The molecule has 5 rings (SSSR count). The van der Waals surface area contributed by atoms with Gasteiger partial charge in [0.15, 0.2) is 0 Å². The lowest BCUT2D eigenvalue weighted by Crippen LogP contribution is -2.35. The molecule has 0 aliphatic heterocycles. The van der Waals surface area contributed by atoms with E-state index in [1.165, 1.54) is 17.3 Å². The van der Waals surface area contributed by atoms with Crippen LogP contribution in [0.1, 0.15) is 51.0 Å². The Morgan fingerprint density at radius 1 is 1.03 bits per heavy atom. The number of carboxylic acid groups (broad SMARTS) is 1. The molecule has 3 N–H and O–H groups in total. The number of carbonyl (C=O) groups is 3. The number of carbonyl (C=O) groups excluding carboxylic acids is 2. The van der Waals surface area contributed by atoms with Gasteiger partial charge in [0, 0.05) is 17.9 Å². The van der Waals surface area contributed by atoms with Gasteiger partial charge in [-0.05, 0) is 41.5 Å². The van der Waals surface area contributed by atoms with Gasteiger partial charge >= 0.3 is 12.1 Å². The quantitative estimate of drug-likeness (QED) is 0.457. The number of ether oxygens (including phenoxy) is 1. The maximum absolute atomic E-state index is 12.5. The van der Waals surface area contributed by atoms with E-state index in [-0.39, 0.29) is 41.8 Å². The summed E-state index contributed by atoms with van der Waals surface area (Å²) in [4.78, 5) is 40.2. The fraction of sp³-hybridized carbons (Fsp3) is 0.308. The first-order valence-electron chi connectivity index (χ1n) is 11.6. The number of benzene rings is 2. The fourth-order valence-corrected chi connectivity index (χ4v) is 5.65. The molecule has 0 bridgehead atoms. The molecule has 8 nitrogen and oxygen atoms in total. The third-order valence-electron chi connectivity index (χ3n) is 6.65. The Labute approximate surface area is 206 Å². The molecule has 1 saturated carbocycles. The van der Waals surface area contributed by atoms with Crippen molar-refractivity contribution >= 4 is 29.3 Å². The smallest absolute Gasteiger partial charge is 0.407 e. The normalized spacial score (nSPS) is 18.5. The number of hydrogen-bond donors (Lipinski definition) is 3. The largest absolute Gasteiger partial charge is 0.477 e. The maximum atomic E-state index is 12.5. The second-order valence-electron chi connectivity index (χ2n) is 8.82. The van der Waals surface area contributed by atoms with Crippen molar-refractivity contribution in [1.29, 1.82) is 0 Å². The van der Waals surface area contributed by atoms with Gasteiger partial charge in [-0.2, -0.15) is 0 Å².